The maximum atomic E-state index is 11.1. The minimum atomic E-state index is -0.688. The molecule has 0 bridgehead atoms. The SMILES string of the molecule is C/N=C(\C(=N)/C=C/c1ccc(C2CCOCC2)cc1)C(N)=O. The third-order valence-electron chi connectivity index (χ3n) is 3.78. The third-order valence-corrected chi connectivity index (χ3v) is 3.78. The Morgan fingerprint density at radius 1 is 1.32 bits per heavy atom. The second-order valence-electron chi connectivity index (χ2n) is 5.24. The van der Waals surface area contributed by atoms with Crippen molar-refractivity contribution < 1.29 is 9.53 Å². The lowest BCUT2D eigenvalue weighted by Crippen LogP contribution is -2.29. The number of benzene rings is 1. The predicted molar refractivity (Wildman–Crippen MR) is 88.6 cm³/mol. The van der Waals surface area contributed by atoms with E-state index in [4.69, 9.17) is 15.9 Å². The van der Waals surface area contributed by atoms with Gasteiger partial charge in [0.2, 0.25) is 0 Å². The van der Waals surface area contributed by atoms with Crippen molar-refractivity contribution in [3.63, 3.8) is 0 Å². The molecule has 0 atom stereocenters. The van der Waals surface area contributed by atoms with Gasteiger partial charge in [-0.2, -0.15) is 0 Å². The van der Waals surface area contributed by atoms with Gasteiger partial charge in [-0.1, -0.05) is 30.3 Å². The van der Waals surface area contributed by atoms with Gasteiger partial charge in [-0.15, -0.1) is 0 Å². The maximum Gasteiger partial charge on any atom is 0.269 e. The summed E-state index contributed by atoms with van der Waals surface area (Å²) in [6.45, 7) is 1.66. The molecule has 0 saturated carbocycles. The molecule has 0 radical (unpaired) electrons. The van der Waals surface area contributed by atoms with Crippen LogP contribution in [0.2, 0.25) is 0 Å². The molecule has 1 aromatic rings. The number of allylic oxidation sites excluding steroid dienone is 1. The van der Waals surface area contributed by atoms with E-state index in [1.165, 1.54) is 18.7 Å². The van der Waals surface area contributed by atoms with Crippen molar-refractivity contribution in [1.82, 2.24) is 0 Å². The summed E-state index contributed by atoms with van der Waals surface area (Å²) in [7, 11) is 1.45. The first kappa shape index (κ1) is 16.1. The molecule has 22 heavy (non-hydrogen) atoms. The van der Waals surface area contributed by atoms with E-state index in [1.807, 2.05) is 12.1 Å². The molecule has 1 aliphatic heterocycles. The van der Waals surface area contributed by atoms with Gasteiger partial charge >= 0.3 is 0 Å². The number of nitrogens with one attached hydrogen (secondary N) is 1. The van der Waals surface area contributed by atoms with Crippen molar-refractivity contribution >= 4 is 23.4 Å². The first-order chi connectivity index (χ1) is 10.6. The van der Waals surface area contributed by atoms with Crippen LogP contribution in [0.4, 0.5) is 0 Å². The molecule has 5 heteroatoms. The van der Waals surface area contributed by atoms with E-state index in [0.717, 1.165) is 31.6 Å². The fraction of sp³-hybridized carbons (Fsp3) is 0.353. The number of ether oxygens (including phenoxy) is 1. The Kier molecular flexibility index (Phi) is 5.61. The van der Waals surface area contributed by atoms with Gasteiger partial charge < -0.3 is 10.5 Å². The predicted octanol–water partition coefficient (Wildman–Crippen LogP) is 2.17. The monoisotopic (exact) mass is 299 g/mol. The molecule has 1 heterocycles. The highest BCUT2D eigenvalue weighted by Crippen LogP contribution is 2.26. The minimum Gasteiger partial charge on any atom is -0.381 e. The number of rotatable bonds is 5. The molecule has 116 valence electrons. The Morgan fingerprint density at radius 3 is 2.50 bits per heavy atom. The van der Waals surface area contributed by atoms with Crippen LogP contribution in [0.5, 0.6) is 0 Å². The topological polar surface area (TPSA) is 88.5 Å². The van der Waals surface area contributed by atoms with Crippen LogP contribution in [-0.2, 0) is 9.53 Å². The molecule has 0 unspecified atom stereocenters. The zero-order chi connectivity index (χ0) is 15.9. The first-order valence-electron chi connectivity index (χ1n) is 7.33. The average Bonchev–Trinajstić information content (AvgIpc) is 2.54. The Hall–Kier alpha value is -2.27. The summed E-state index contributed by atoms with van der Waals surface area (Å²) in [5.41, 5.74) is 7.46. The molecule has 0 aliphatic carbocycles. The van der Waals surface area contributed by atoms with Gasteiger partial charge in [0, 0.05) is 20.3 Å². The average molecular weight is 299 g/mol. The lowest BCUT2D eigenvalue weighted by Gasteiger charge is -2.22. The van der Waals surface area contributed by atoms with Crippen molar-refractivity contribution in [2.75, 3.05) is 20.3 Å². The number of nitrogens with two attached hydrogens (primary N) is 1. The molecule has 1 amide bonds. The molecule has 3 N–H and O–H groups in total. The van der Waals surface area contributed by atoms with Gasteiger partial charge in [0.1, 0.15) is 5.71 Å². The van der Waals surface area contributed by atoms with Crippen LogP contribution in [0.3, 0.4) is 0 Å². The standard InChI is InChI=1S/C17H21N3O2/c1-20-16(17(19)21)15(18)7-4-12-2-5-13(6-3-12)14-8-10-22-11-9-14/h2-7,14,18H,8-11H2,1H3,(H2,19,21)/b7-4+,18-15?,20-16+. The van der Waals surface area contributed by atoms with Gasteiger partial charge in [0.15, 0.2) is 0 Å². The van der Waals surface area contributed by atoms with Gasteiger partial charge in [0.05, 0.1) is 5.71 Å². The summed E-state index contributed by atoms with van der Waals surface area (Å²) >= 11 is 0. The third kappa shape index (κ3) is 4.11. The van der Waals surface area contributed by atoms with Gasteiger partial charge in [0.25, 0.3) is 5.91 Å². The van der Waals surface area contributed by atoms with E-state index >= 15 is 0 Å². The number of hydrogen-bond donors (Lipinski definition) is 2. The smallest absolute Gasteiger partial charge is 0.269 e. The summed E-state index contributed by atoms with van der Waals surface area (Å²) < 4.78 is 5.38. The number of aliphatic imine (C=N–C) groups is 1. The van der Waals surface area contributed by atoms with Crippen molar-refractivity contribution in [3.05, 3.63) is 41.5 Å². The summed E-state index contributed by atoms with van der Waals surface area (Å²) in [6, 6.07) is 8.26. The highest BCUT2D eigenvalue weighted by Gasteiger charge is 2.15. The van der Waals surface area contributed by atoms with Crippen LogP contribution in [0.25, 0.3) is 6.08 Å². The molecular formula is C17H21N3O2. The van der Waals surface area contributed by atoms with E-state index in [9.17, 15) is 4.79 Å². The van der Waals surface area contributed by atoms with Crippen molar-refractivity contribution in [1.29, 1.82) is 5.41 Å². The zero-order valence-electron chi connectivity index (χ0n) is 12.7. The Bertz CT molecular complexity index is 597. The van der Waals surface area contributed by atoms with E-state index in [-0.39, 0.29) is 11.4 Å². The highest BCUT2D eigenvalue weighted by molar-refractivity contribution is 6.68. The fourth-order valence-corrected chi connectivity index (χ4v) is 2.53. The molecule has 1 aliphatic rings. The Morgan fingerprint density at radius 2 is 1.95 bits per heavy atom. The van der Waals surface area contributed by atoms with Crippen LogP contribution in [-0.4, -0.2) is 37.6 Å². The summed E-state index contributed by atoms with van der Waals surface area (Å²) in [5, 5.41) is 7.80. The van der Waals surface area contributed by atoms with Crippen LogP contribution in [0.15, 0.2) is 35.3 Å². The van der Waals surface area contributed by atoms with Crippen LogP contribution >= 0.6 is 0 Å². The van der Waals surface area contributed by atoms with Crippen LogP contribution in [0.1, 0.15) is 29.9 Å². The van der Waals surface area contributed by atoms with E-state index in [2.05, 4.69) is 17.1 Å². The molecule has 1 saturated heterocycles. The molecule has 0 aromatic heterocycles. The molecule has 1 aromatic carbocycles. The summed E-state index contributed by atoms with van der Waals surface area (Å²) in [5.74, 6) is -0.120. The number of primary amides is 1. The molecule has 0 spiro atoms. The molecule has 1 fully saturated rings. The second kappa shape index (κ2) is 7.66. The fourth-order valence-electron chi connectivity index (χ4n) is 2.53. The number of hydrogen-bond acceptors (Lipinski definition) is 4. The maximum absolute atomic E-state index is 11.1. The first-order valence-corrected chi connectivity index (χ1v) is 7.33. The van der Waals surface area contributed by atoms with Crippen molar-refractivity contribution in [3.8, 4) is 0 Å². The number of carbonyl (C=O) groups excluding carboxylic acids is 1. The van der Waals surface area contributed by atoms with E-state index in [0.29, 0.717) is 5.92 Å². The lowest BCUT2D eigenvalue weighted by atomic mass is 9.91. The molecule has 2 rings (SSSR count). The summed E-state index contributed by atoms with van der Waals surface area (Å²) in [4.78, 5) is 14.8. The molecule has 5 nitrogen and oxygen atoms in total. The zero-order valence-corrected chi connectivity index (χ0v) is 12.7. The number of nitrogens with zero attached hydrogens (tertiary/aromatic N) is 1. The minimum absolute atomic E-state index is 0.0171. The van der Waals surface area contributed by atoms with E-state index in [1.54, 1.807) is 6.08 Å². The number of amides is 1. The quantitative estimate of drug-likeness (QED) is 0.816. The Labute approximate surface area is 130 Å². The van der Waals surface area contributed by atoms with Gasteiger partial charge in [-0.05, 0) is 36.0 Å². The van der Waals surface area contributed by atoms with Crippen LogP contribution in [0, 0.1) is 5.41 Å². The molecular weight excluding hydrogens is 278 g/mol. The second-order valence-corrected chi connectivity index (χ2v) is 5.24. The van der Waals surface area contributed by atoms with Crippen LogP contribution < -0.4 is 5.73 Å². The van der Waals surface area contributed by atoms with E-state index < -0.39 is 5.91 Å². The van der Waals surface area contributed by atoms with Crippen molar-refractivity contribution in [2.45, 2.75) is 18.8 Å². The Balaban J connectivity index is 2.03. The number of carbonyl (C=O) groups is 1. The highest BCUT2D eigenvalue weighted by atomic mass is 16.5. The van der Waals surface area contributed by atoms with Crippen molar-refractivity contribution in [2.24, 2.45) is 10.7 Å². The normalized spacial score (nSPS) is 16.9. The van der Waals surface area contributed by atoms with Gasteiger partial charge in [-0.25, -0.2) is 0 Å². The lowest BCUT2D eigenvalue weighted by molar-refractivity contribution is -0.111. The van der Waals surface area contributed by atoms with Gasteiger partial charge in [-0.3, -0.25) is 15.2 Å². The largest absolute Gasteiger partial charge is 0.381 e. The summed E-state index contributed by atoms with van der Waals surface area (Å²) in [6.07, 6.45) is 5.45.